The number of nitrogens with zero attached hydrogens (tertiary/aromatic N) is 2. The van der Waals surface area contributed by atoms with E-state index in [1.54, 1.807) is 0 Å². The minimum Gasteiger partial charge on any atom is -0.310 e. The molecule has 0 heterocycles. The third kappa shape index (κ3) is 6.68. The molecule has 0 aliphatic heterocycles. The number of hydrogen-bond acceptors (Lipinski definition) is 2. The smallest absolute Gasteiger partial charge is 0.0540 e. The van der Waals surface area contributed by atoms with E-state index >= 15 is 0 Å². The van der Waals surface area contributed by atoms with Crippen LogP contribution in [0.2, 0.25) is 0 Å². The van der Waals surface area contributed by atoms with Crippen LogP contribution in [-0.2, 0) is 10.8 Å². The quantitative estimate of drug-likeness (QED) is 0.150. The van der Waals surface area contributed by atoms with Crippen molar-refractivity contribution in [3.8, 4) is 44.5 Å². The van der Waals surface area contributed by atoms with E-state index in [0.29, 0.717) is 0 Å². The van der Waals surface area contributed by atoms with Gasteiger partial charge in [-0.05, 0) is 146 Å². The first-order valence-electron chi connectivity index (χ1n) is 24.9. The first kappa shape index (κ1) is 41.3. The van der Waals surface area contributed by atoms with Crippen LogP contribution in [0.5, 0.6) is 0 Å². The molecule has 0 aromatic heterocycles. The fourth-order valence-corrected chi connectivity index (χ4v) is 12.6. The van der Waals surface area contributed by atoms with Gasteiger partial charge in [-0.2, -0.15) is 0 Å². The molecule has 0 bridgehead atoms. The molecule has 13 rings (SSSR count). The molecule has 69 heavy (non-hydrogen) atoms. The van der Waals surface area contributed by atoms with Gasteiger partial charge in [0.05, 0.1) is 11.4 Å². The zero-order chi connectivity index (χ0) is 46.1. The average molecular weight is 887 g/mol. The Morgan fingerprint density at radius 1 is 0.333 bits per heavy atom. The number of rotatable bonds is 8. The Morgan fingerprint density at radius 2 is 0.797 bits per heavy atom. The van der Waals surface area contributed by atoms with Crippen molar-refractivity contribution in [3.05, 3.63) is 253 Å². The van der Waals surface area contributed by atoms with Crippen LogP contribution < -0.4 is 9.80 Å². The largest absolute Gasteiger partial charge is 0.310 e. The minimum absolute atomic E-state index is 0.104. The van der Waals surface area contributed by atoms with Crippen molar-refractivity contribution in [2.45, 2.75) is 56.8 Å². The van der Waals surface area contributed by atoms with Crippen LogP contribution in [0.1, 0.15) is 68.2 Å². The molecular weight excluding hydrogens is 833 g/mol. The van der Waals surface area contributed by atoms with Gasteiger partial charge in [-0.1, -0.05) is 203 Å². The van der Waals surface area contributed by atoms with Gasteiger partial charge in [0.25, 0.3) is 0 Å². The van der Waals surface area contributed by atoms with E-state index < -0.39 is 0 Å². The van der Waals surface area contributed by atoms with E-state index in [1.807, 2.05) is 0 Å². The van der Waals surface area contributed by atoms with Crippen molar-refractivity contribution in [1.29, 1.82) is 0 Å². The summed E-state index contributed by atoms with van der Waals surface area (Å²) in [7, 11) is 0. The summed E-state index contributed by atoms with van der Waals surface area (Å²) in [4.78, 5) is 5.06. The maximum absolute atomic E-state index is 2.60. The van der Waals surface area contributed by atoms with Crippen LogP contribution in [0.25, 0.3) is 55.3 Å². The summed E-state index contributed by atoms with van der Waals surface area (Å²) < 4.78 is 0. The predicted molar refractivity (Wildman–Crippen MR) is 291 cm³/mol. The Bertz CT molecular complexity index is 3460. The van der Waals surface area contributed by atoms with Gasteiger partial charge in [-0.25, -0.2) is 0 Å². The Balaban J connectivity index is 0.971. The molecule has 0 unspecified atom stereocenters. The lowest BCUT2D eigenvalue weighted by Gasteiger charge is -2.38. The summed E-state index contributed by atoms with van der Waals surface area (Å²) in [6.07, 6.45) is 5.96. The molecule has 1 fully saturated rings. The Kier molecular flexibility index (Phi) is 9.80. The molecule has 0 N–H and O–H groups in total. The van der Waals surface area contributed by atoms with Gasteiger partial charge in [0.2, 0.25) is 0 Å². The summed E-state index contributed by atoms with van der Waals surface area (Å²) in [5.41, 5.74) is 22.8. The lowest BCUT2D eigenvalue weighted by Crippen LogP contribution is -2.28. The maximum Gasteiger partial charge on any atom is 0.0540 e. The highest BCUT2D eigenvalue weighted by atomic mass is 15.2. The van der Waals surface area contributed by atoms with Gasteiger partial charge in [-0.15, -0.1) is 0 Å². The fraction of sp³-hybridized carbons (Fsp3) is 0.134. The molecule has 2 nitrogen and oxygen atoms in total. The minimum atomic E-state index is -0.186. The van der Waals surface area contributed by atoms with Crippen molar-refractivity contribution in [2.75, 3.05) is 9.80 Å². The zero-order valence-corrected chi connectivity index (χ0v) is 39.4. The number of fused-ring (bicyclic) bond motifs is 9. The number of benzene rings is 10. The molecule has 3 aliphatic rings. The molecule has 2 heteroatoms. The Labute approximate surface area is 406 Å². The van der Waals surface area contributed by atoms with Crippen molar-refractivity contribution < 1.29 is 0 Å². The molecule has 0 saturated heterocycles. The van der Waals surface area contributed by atoms with Gasteiger partial charge in [-0.3, -0.25) is 0 Å². The van der Waals surface area contributed by atoms with Gasteiger partial charge in [0, 0.05) is 39.0 Å². The molecule has 0 radical (unpaired) electrons. The van der Waals surface area contributed by atoms with Crippen molar-refractivity contribution in [1.82, 2.24) is 0 Å². The van der Waals surface area contributed by atoms with Crippen LogP contribution >= 0.6 is 0 Å². The van der Waals surface area contributed by atoms with Crippen LogP contribution in [0, 0.1) is 0 Å². The topological polar surface area (TPSA) is 6.48 Å². The predicted octanol–water partition coefficient (Wildman–Crippen LogP) is 18.7. The second kappa shape index (κ2) is 16.4. The monoisotopic (exact) mass is 886 g/mol. The fourth-order valence-electron chi connectivity index (χ4n) is 12.6. The lowest BCUT2D eigenvalue weighted by atomic mass is 9.67. The van der Waals surface area contributed by atoms with E-state index in [4.69, 9.17) is 0 Å². The molecule has 10 aromatic carbocycles. The van der Waals surface area contributed by atoms with E-state index in [1.165, 1.54) is 120 Å². The van der Waals surface area contributed by atoms with Crippen molar-refractivity contribution in [3.63, 3.8) is 0 Å². The van der Waals surface area contributed by atoms with Crippen LogP contribution in [0.15, 0.2) is 231 Å². The van der Waals surface area contributed by atoms with Gasteiger partial charge < -0.3 is 9.80 Å². The molecule has 1 saturated carbocycles. The molecule has 1 spiro atoms. The number of anilines is 6. The molecule has 3 aliphatic carbocycles. The third-order valence-electron chi connectivity index (χ3n) is 15.8. The van der Waals surface area contributed by atoms with Gasteiger partial charge >= 0.3 is 0 Å². The normalized spacial score (nSPS) is 14.8. The highest BCUT2D eigenvalue weighted by Gasteiger charge is 2.45. The summed E-state index contributed by atoms with van der Waals surface area (Å²) >= 11 is 0. The van der Waals surface area contributed by atoms with Crippen LogP contribution in [0.4, 0.5) is 34.1 Å². The second-order valence-corrected chi connectivity index (χ2v) is 20.0. The van der Waals surface area contributed by atoms with E-state index in [9.17, 15) is 0 Å². The molecule has 332 valence electrons. The molecule has 0 amide bonds. The SMILES string of the molecule is CC1(C)c2ccccc2-c2cccc(N(c3ccc4c(c3)C3(CCCCC3)c3cc(N(c5ccc(-c6ccccc6)cc5)c5ccc(-c6ccccc6)cc5)ccc3-4)c3cccc4ccccc34)c21. The van der Waals surface area contributed by atoms with Crippen LogP contribution in [-0.4, -0.2) is 0 Å². The summed E-state index contributed by atoms with van der Waals surface area (Å²) in [6.45, 7) is 4.82. The Morgan fingerprint density at radius 3 is 1.43 bits per heavy atom. The third-order valence-corrected chi connectivity index (χ3v) is 15.8. The summed E-state index contributed by atoms with van der Waals surface area (Å²) in [5.74, 6) is 0. The van der Waals surface area contributed by atoms with Gasteiger partial charge in [0.15, 0.2) is 0 Å². The molecule has 0 atom stereocenters. The van der Waals surface area contributed by atoms with E-state index in [2.05, 4.69) is 254 Å². The van der Waals surface area contributed by atoms with Crippen molar-refractivity contribution in [2.24, 2.45) is 0 Å². The Hall–Kier alpha value is -7.94. The maximum atomic E-state index is 2.60. The first-order valence-corrected chi connectivity index (χ1v) is 24.9. The standard InChI is InChI=1S/C67H54N2/c1-66(2)60-27-13-12-25-56(60)59-26-17-29-64(65(59)66)69(63-28-16-23-50-22-10-11-24-55(50)63)54-39-41-58-57-40-38-53(44-61(57)67(62(58)45-54)42-14-5-15-43-67)68(51-34-30-48(31-35-51)46-18-6-3-7-19-46)52-36-32-49(33-37-52)47-20-8-4-9-21-47/h3-4,6-13,16-41,44-45H,5,14-15,42-43H2,1-2H3. The van der Waals surface area contributed by atoms with Crippen LogP contribution in [0.3, 0.4) is 0 Å². The van der Waals surface area contributed by atoms with Gasteiger partial charge in [0.1, 0.15) is 0 Å². The van der Waals surface area contributed by atoms with E-state index in [-0.39, 0.29) is 10.8 Å². The number of hydrogen-bond donors (Lipinski definition) is 0. The molecule has 10 aromatic rings. The first-order chi connectivity index (χ1) is 34.0. The zero-order valence-electron chi connectivity index (χ0n) is 39.4. The van der Waals surface area contributed by atoms with Crippen molar-refractivity contribution >= 4 is 44.9 Å². The average Bonchev–Trinajstić information content (AvgIpc) is 3.81. The molecular formula is C67H54N2. The van der Waals surface area contributed by atoms with E-state index in [0.717, 1.165) is 24.2 Å². The highest BCUT2D eigenvalue weighted by molar-refractivity contribution is 6.01. The highest BCUT2D eigenvalue weighted by Crippen LogP contribution is 2.60. The summed E-state index contributed by atoms with van der Waals surface area (Å²) in [5, 5.41) is 2.49. The second-order valence-electron chi connectivity index (χ2n) is 20.0. The lowest BCUT2D eigenvalue weighted by molar-refractivity contribution is 0.353. The summed E-state index contributed by atoms with van der Waals surface area (Å²) in [6, 6.07) is 86.2.